The van der Waals surface area contributed by atoms with Gasteiger partial charge in [0, 0.05) is 0 Å². The van der Waals surface area contributed by atoms with Gasteiger partial charge in [0.25, 0.3) is 0 Å². The predicted octanol–water partition coefficient (Wildman–Crippen LogP) is 1.89. The summed E-state index contributed by atoms with van der Waals surface area (Å²) >= 11 is 0. The first-order valence-electron chi connectivity index (χ1n) is 6.64. The normalized spacial score (nSPS) is 26.7. The molecule has 2 rings (SSSR count). The number of aromatic nitrogens is 1. The number of pyridine rings is 1. The van der Waals surface area contributed by atoms with Crippen molar-refractivity contribution in [2.24, 2.45) is 5.92 Å². The van der Waals surface area contributed by atoms with Crippen LogP contribution < -0.4 is 11.1 Å². The smallest absolute Gasteiger partial charge is 0.165 e. The van der Waals surface area contributed by atoms with Crippen molar-refractivity contribution in [2.45, 2.75) is 38.1 Å². The third-order valence-corrected chi connectivity index (χ3v) is 3.96. The zero-order valence-corrected chi connectivity index (χ0v) is 11.2. The monoisotopic (exact) mass is 260 g/mol. The van der Waals surface area contributed by atoms with Crippen LogP contribution >= 0.6 is 0 Å². The molecule has 5 nitrogen and oxygen atoms in total. The summed E-state index contributed by atoms with van der Waals surface area (Å²) in [6.07, 6.45) is 4.01. The lowest BCUT2D eigenvalue weighted by Crippen LogP contribution is -2.45. The molecule has 0 spiro atoms. The van der Waals surface area contributed by atoms with E-state index in [4.69, 9.17) is 11.0 Å². The predicted molar refractivity (Wildman–Crippen MR) is 74.4 cm³/mol. The largest absolute Gasteiger partial charge is 0.396 e. The number of nitrogens with zero attached hydrogens (tertiary/aromatic N) is 2. The van der Waals surface area contributed by atoms with Crippen LogP contribution in [-0.2, 0) is 0 Å². The maximum absolute atomic E-state index is 9.69. The Bertz CT molecular complexity index is 487. The molecule has 1 aromatic rings. The Kier molecular flexibility index (Phi) is 3.91. The van der Waals surface area contributed by atoms with Gasteiger partial charge in [-0.2, -0.15) is 5.26 Å². The molecule has 1 heterocycles. The number of nitrogens with two attached hydrogens (primary N) is 1. The quantitative estimate of drug-likeness (QED) is 0.771. The third-order valence-electron chi connectivity index (χ3n) is 3.96. The van der Waals surface area contributed by atoms with Gasteiger partial charge in [-0.3, -0.25) is 0 Å². The maximum Gasteiger partial charge on any atom is 0.165 e. The topological polar surface area (TPSA) is 95.0 Å². The lowest BCUT2D eigenvalue weighted by Gasteiger charge is -2.39. The van der Waals surface area contributed by atoms with Crippen LogP contribution in [0.15, 0.2) is 12.1 Å². The highest BCUT2D eigenvalue weighted by atomic mass is 16.3. The number of nitriles is 1. The molecule has 0 aromatic carbocycles. The Balaban J connectivity index is 2.17. The summed E-state index contributed by atoms with van der Waals surface area (Å²) in [5, 5.41) is 21.9. The summed E-state index contributed by atoms with van der Waals surface area (Å²) in [5.41, 5.74) is 5.94. The molecule has 1 fully saturated rings. The molecule has 0 bridgehead atoms. The first-order valence-corrected chi connectivity index (χ1v) is 6.64. The minimum Gasteiger partial charge on any atom is -0.396 e. The first-order chi connectivity index (χ1) is 9.08. The van der Waals surface area contributed by atoms with E-state index in [0.717, 1.165) is 25.7 Å². The van der Waals surface area contributed by atoms with Gasteiger partial charge in [0.1, 0.15) is 11.9 Å². The van der Waals surface area contributed by atoms with Gasteiger partial charge in [-0.25, -0.2) is 4.98 Å². The van der Waals surface area contributed by atoms with Gasteiger partial charge in [-0.05, 0) is 43.7 Å². The molecule has 0 amide bonds. The molecular formula is C14H20N4O. The van der Waals surface area contributed by atoms with Crippen LogP contribution in [0.25, 0.3) is 0 Å². The molecule has 0 unspecified atom stereocenters. The Morgan fingerprint density at radius 3 is 2.79 bits per heavy atom. The number of anilines is 2. The van der Waals surface area contributed by atoms with Crippen molar-refractivity contribution in [1.82, 2.24) is 4.98 Å². The molecule has 19 heavy (non-hydrogen) atoms. The van der Waals surface area contributed by atoms with Crippen molar-refractivity contribution >= 4 is 11.5 Å². The zero-order valence-electron chi connectivity index (χ0n) is 11.2. The number of aliphatic hydroxyl groups is 1. The van der Waals surface area contributed by atoms with E-state index in [1.54, 1.807) is 12.1 Å². The second kappa shape index (κ2) is 5.45. The van der Waals surface area contributed by atoms with Gasteiger partial charge >= 0.3 is 0 Å². The highest BCUT2D eigenvalue weighted by Gasteiger charge is 2.33. The molecule has 102 valence electrons. The van der Waals surface area contributed by atoms with Gasteiger partial charge in [0.2, 0.25) is 0 Å². The molecule has 5 heteroatoms. The molecule has 1 saturated carbocycles. The lowest BCUT2D eigenvalue weighted by molar-refractivity contribution is 0.155. The number of nitrogen functional groups attached to an aromatic ring is 1. The van der Waals surface area contributed by atoms with E-state index in [-0.39, 0.29) is 17.8 Å². The Morgan fingerprint density at radius 1 is 1.53 bits per heavy atom. The molecule has 1 aromatic heterocycles. The van der Waals surface area contributed by atoms with Gasteiger partial charge in [0.15, 0.2) is 5.69 Å². The van der Waals surface area contributed by atoms with Crippen LogP contribution in [-0.4, -0.2) is 22.2 Å². The van der Waals surface area contributed by atoms with E-state index >= 15 is 0 Å². The fraction of sp³-hybridized carbons (Fsp3) is 0.571. The first kappa shape index (κ1) is 13.6. The van der Waals surface area contributed by atoms with Crippen LogP contribution in [0.5, 0.6) is 0 Å². The van der Waals surface area contributed by atoms with E-state index in [1.807, 2.05) is 6.07 Å². The summed E-state index contributed by atoms with van der Waals surface area (Å²) in [6.45, 7) is 2.31. The van der Waals surface area contributed by atoms with Crippen molar-refractivity contribution in [2.75, 3.05) is 17.7 Å². The summed E-state index contributed by atoms with van der Waals surface area (Å²) in [6, 6.07) is 5.40. The summed E-state index contributed by atoms with van der Waals surface area (Å²) in [5.74, 6) is 1.31. The van der Waals surface area contributed by atoms with Crippen molar-refractivity contribution in [3.63, 3.8) is 0 Å². The Hall–Kier alpha value is -1.80. The highest BCUT2D eigenvalue weighted by molar-refractivity contribution is 5.55. The molecule has 0 saturated heterocycles. The average molecular weight is 260 g/mol. The average Bonchev–Trinajstić information content (AvgIpc) is 2.44. The molecule has 1 aliphatic carbocycles. The lowest BCUT2D eigenvalue weighted by atomic mass is 9.77. The minimum atomic E-state index is -0.317. The van der Waals surface area contributed by atoms with E-state index in [0.29, 0.717) is 17.4 Å². The van der Waals surface area contributed by atoms with Crippen molar-refractivity contribution in [3.05, 3.63) is 17.8 Å². The van der Waals surface area contributed by atoms with E-state index < -0.39 is 0 Å². The van der Waals surface area contributed by atoms with Crippen molar-refractivity contribution < 1.29 is 5.11 Å². The van der Waals surface area contributed by atoms with E-state index in [2.05, 4.69) is 17.2 Å². The van der Waals surface area contributed by atoms with Crippen LogP contribution in [0.1, 0.15) is 38.3 Å². The summed E-state index contributed by atoms with van der Waals surface area (Å²) in [4.78, 5) is 4.19. The van der Waals surface area contributed by atoms with Crippen LogP contribution in [0.4, 0.5) is 11.5 Å². The van der Waals surface area contributed by atoms with Gasteiger partial charge < -0.3 is 16.2 Å². The van der Waals surface area contributed by atoms with E-state index in [1.165, 1.54) is 0 Å². The minimum absolute atomic E-state index is 0.0770. The standard InChI is InChI=1S/C14H20N4O/c1-10-4-6-14(9-19,7-5-10)18-13-3-2-11(16)12(8-15)17-13/h2-3,10,19H,4-7,9,16H2,1H3,(H,17,18). The molecule has 0 aliphatic heterocycles. The number of nitrogens with one attached hydrogen (secondary N) is 1. The second-order valence-corrected chi connectivity index (χ2v) is 5.49. The fourth-order valence-electron chi connectivity index (χ4n) is 2.54. The van der Waals surface area contributed by atoms with Crippen LogP contribution in [0.2, 0.25) is 0 Å². The fourth-order valence-corrected chi connectivity index (χ4v) is 2.54. The maximum atomic E-state index is 9.69. The summed E-state index contributed by atoms with van der Waals surface area (Å²) in [7, 11) is 0. The number of rotatable bonds is 3. The van der Waals surface area contributed by atoms with Gasteiger partial charge in [-0.15, -0.1) is 0 Å². The van der Waals surface area contributed by atoms with E-state index in [9.17, 15) is 5.11 Å². The third kappa shape index (κ3) is 2.96. The Labute approximate surface area is 113 Å². The molecule has 1 aliphatic rings. The summed E-state index contributed by atoms with van der Waals surface area (Å²) < 4.78 is 0. The van der Waals surface area contributed by atoms with Crippen LogP contribution in [0.3, 0.4) is 0 Å². The van der Waals surface area contributed by atoms with Crippen molar-refractivity contribution in [3.8, 4) is 6.07 Å². The second-order valence-electron chi connectivity index (χ2n) is 5.49. The molecule has 4 N–H and O–H groups in total. The Morgan fingerprint density at radius 2 is 2.21 bits per heavy atom. The highest BCUT2D eigenvalue weighted by Crippen LogP contribution is 2.34. The van der Waals surface area contributed by atoms with Gasteiger partial charge in [0.05, 0.1) is 17.8 Å². The zero-order chi connectivity index (χ0) is 13.9. The van der Waals surface area contributed by atoms with Gasteiger partial charge in [-0.1, -0.05) is 6.92 Å². The number of hydrogen-bond acceptors (Lipinski definition) is 5. The van der Waals surface area contributed by atoms with Crippen molar-refractivity contribution in [1.29, 1.82) is 5.26 Å². The number of hydrogen-bond donors (Lipinski definition) is 3. The molecular weight excluding hydrogens is 240 g/mol. The SMILES string of the molecule is CC1CCC(CO)(Nc2ccc(N)c(C#N)n2)CC1. The number of aliphatic hydroxyl groups excluding tert-OH is 1. The molecule has 0 atom stereocenters. The van der Waals surface area contributed by atoms with Crippen LogP contribution in [0, 0.1) is 17.2 Å². The molecule has 0 radical (unpaired) electrons.